The van der Waals surface area contributed by atoms with E-state index in [0.29, 0.717) is 29.7 Å². The average Bonchev–Trinajstić information content (AvgIpc) is 3.03. The molecule has 0 fully saturated rings. The maximum absolute atomic E-state index is 6.42. The minimum atomic E-state index is 0.0490. The van der Waals surface area contributed by atoms with Crippen LogP contribution in [-0.2, 0) is 6.54 Å². The Hall–Kier alpha value is -2.27. The third kappa shape index (κ3) is 4.23. The third-order valence-corrected chi connectivity index (χ3v) is 3.98. The highest BCUT2D eigenvalue weighted by atomic mass is 35.5. The molecule has 0 aliphatic carbocycles. The molecule has 3 rings (SSSR count). The van der Waals surface area contributed by atoms with Crippen LogP contribution in [-0.4, -0.2) is 19.5 Å². The van der Waals surface area contributed by atoms with Crippen molar-refractivity contribution in [2.45, 2.75) is 33.4 Å². The summed E-state index contributed by atoms with van der Waals surface area (Å²) in [5.74, 6) is 2.86. The van der Waals surface area contributed by atoms with Crippen LogP contribution in [0.15, 0.2) is 30.3 Å². The number of benzene rings is 2. The van der Waals surface area contributed by atoms with Crippen LogP contribution in [0, 0.1) is 0 Å². The molecular weight excluding hydrogens is 342 g/mol. The molecule has 0 radical (unpaired) electrons. The first-order valence-electron chi connectivity index (χ1n) is 8.32. The lowest BCUT2D eigenvalue weighted by molar-refractivity contribution is 0.174. The van der Waals surface area contributed by atoms with Gasteiger partial charge < -0.3 is 24.3 Å². The van der Waals surface area contributed by atoms with Crippen molar-refractivity contribution in [1.29, 1.82) is 0 Å². The van der Waals surface area contributed by atoms with Crippen molar-refractivity contribution < 1.29 is 18.9 Å². The van der Waals surface area contributed by atoms with E-state index < -0.39 is 0 Å². The Morgan fingerprint density at radius 1 is 1.12 bits per heavy atom. The molecule has 25 heavy (non-hydrogen) atoms. The van der Waals surface area contributed by atoms with Gasteiger partial charge in [0.05, 0.1) is 12.7 Å². The Balaban J connectivity index is 1.76. The lowest BCUT2D eigenvalue weighted by Crippen LogP contribution is -2.08. The van der Waals surface area contributed by atoms with Crippen LogP contribution in [0.4, 0.5) is 5.69 Å². The summed E-state index contributed by atoms with van der Waals surface area (Å²) >= 11 is 6.42. The van der Waals surface area contributed by atoms with Crippen molar-refractivity contribution >= 4 is 17.3 Å². The zero-order chi connectivity index (χ0) is 17.8. The van der Waals surface area contributed by atoms with E-state index in [-0.39, 0.29) is 12.9 Å². The van der Waals surface area contributed by atoms with Crippen LogP contribution in [0.25, 0.3) is 0 Å². The fourth-order valence-corrected chi connectivity index (χ4v) is 2.75. The number of fused-ring (bicyclic) bond motifs is 1. The van der Waals surface area contributed by atoms with E-state index in [1.54, 1.807) is 0 Å². The van der Waals surface area contributed by atoms with Crippen LogP contribution in [0.1, 0.15) is 26.3 Å². The van der Waals surface area contributed by atoms with Crippen LogP contribution in [0.5, 0.6) is 23.0 Å². The van der Waals surface area contributed by atoms with E-state index in [4.69, 9.17) is 30.5 Å². The summed E-state index contributed by atoms with van der Waals surface area (Å²) in [6.45, 7) is 7.26. The molecule has 5 nitrogen and oxygen atoms in total. The van der Waals surface area contributed by atoms with Crippen LogP contribution in [0.2, 0.25) is 5.02 Å². The number of rotatable bonds is 7. The van der Waals surface area contributed by atoms with Crippen molar-refractivity contribution in [1.82, 2.24) is 0 Å². The van der Waals surface area contributed by atoms with Crippen LogP contribution in [0.3, 0.4) is 0 Å². The molecule has 1 aliphatic heterocycles. The number of anilines is 1. The van der Waals surface area contributed by atoms with E-state index in [2.05, 4.69) is 5.32 Å². The topological polar surface area (TPSA) is 49.0 Å². The lowest BCUT2D eigenvalue weighted by Gasteiger charge is -2.17. The van der Waals surface area contributed by atoms with Gasteiger partial charge in [-0.3, -0.25) is 0 Å². The molecule has 2 aromatic rings. The monoisotopic (exact) mass is 363 g/mol. The van der Waals surface area contributed by atoms with Gasteiger partial charge in [-0.25, -0.2) is 0 Å². The zero-order valence-corrected chi connectivity index (χ0v) is 15.4. The van der Waals surface area contributed by atoms with Crippen molar-refractivity contribution in [3.63, 3.8) is 0 Å². The maximum Gasteiger partial charge on any atom is 0.231 e. The highest BCUT2D eigenvalue weighted by molar-refractivity contribution is 6.31. The van der Waals surface area contributed by atoms with Crippen molar-refractivity contribution in [3.05, 3.63) is 40.9 Å². The second kappa shape index (κ2) is 7.74. The Morgan fingerprint density at radius 3 is 2.68 bits per heavy atom. The Bertz CT molecular complexity index is 748. The normalized spacial score (nSPS) is 12.4. The summed E-state index contributed by atoms with van der Waals surface area (Å²) < 4.78 is 22.2. The van der Waals surface area contributed by atoms with E-state index in [0.717, 1.165) is 22.7 Å². The second-order valence-corrected chi connectivity index (χ2v) is 6.32. The Labute approximate surface area is 152 Å². The highest BCUT2D eigenvalue weighted by Gasteiger charge is 2.15. The number of ether oxygens (including phenoxy) is 4. The summed E-state index contributed by atoms with van der Waals surface area (Å²) in [5.41, 5.74) is 1.86. The smallest absolute Gasteiger partial charge is 0.231 e. The van der Waals surface area contributed by atoms with Gasteiger partial charge in [0.15, 0.2) is 23.0 Å². The van der Waals surface area contributed by atoms with E-state index in [9.17, 15) is 0 Å². The lowest BCUT2D eigenvalue weighted by atomic mass is 10.2. The first kappa shape index (κ1) is 17.5. The van der Waals surface area contributed by atoms with Gasteiger partial charge in [0.1, 0.15) is 0 Å². The summed E-state index contributed by atoms with van der Waals surface area (Å²) in [4.78, 5) is 0. The quantitative estimate of drug-likeness (QED) is 0.760. The standard InChI is InChI=1S/C19H22ClNO4/c1-4-22-17-7-13(15(20)9-19(17)25-12(2)3)10-21-14-5-6-16-18(8-14)24-11-23-16/h5-9,12,21H,4,10-11H2,1-3H3. The van der Waals surface area contributed by atoms with Gasteiger partial charge in [0.2, 0.25) is 6.79 Å². The minimum absolute atomic E-state index is 0.0490. The first-order valence-corrected chi connectivity index (χ1v) is 8.70. The van der Waals surface area contributed by atoms with E-state index in [1.807, 2.05) is 51.1 Å². The number of hydrogen-bond donors (Lipinski definition) is 1. The number of hydrogen-bond acceptors (Lipinski definition) is 5. The van der Waals surface area contributed by atoms with Gasteiger partial charge in [-0.05, 0) is 44.5 Å². The molecule has 0 unspecified atom stereocenters. The highest BCUT2D eigenvalue weighted by Crippen LogP contribution is 2.36. The Morgan fingerprint density at radius 2 is 1.92 bits per heavy atom. The molecule has 0 amide bonds. The van der Waals surface area contributed by atoms with Gasteiger partial charge in [0, 0.05) is 29.4 Å². The molecule has 0 spiro atoms. The molecule has 0 saturated carbocycles. The average molecular weight is 364 g/mol. The van der Waals surface area contributed by atoms with Gasteiger partial charge in [0.25, 0.3) is 0 Å². The molecule has 2 aromatic carbocycles. The van der Waals surface area contributed by atoms with Crippen LogP contribution >= 0.6 is 11.6 Å². The van der Waals surface area contributed by atoms with Crippen molar-refractivity contribution in [3.8, 4) is 23.0 Å². The van der Waals surface area contributed by atoms with Gasteiger partial charge in [-0.2, -0.15) is 0 Å². The maximum atomic E-state index is 6.42. The first-order chi connectivity index (χ1) is 12.1. The number of halogens is 1. The van der Waals surface area contributed by atoms with Gasteiger partial charge in [-0.15, -0.1) is 0 Å². The SMILES string of the molecule is CCOc1cc(CNc2ccc3c(c2)OCO3)c(Cl)cc1OC(C)C. The molecule has 1 heterocycles. The van der Waals surface area contributed by atoms with Crippen LogP contribution < -0.4 is 24.3 Å². The van der Waals surface area contributed by atoms with E-state index >= 15 is 0 Å². The molecule has 0 bridgehead atoms. The Kier molecular flexibility index (Phi) is 5.43. The second-order valence-electron chi connectivity index (χ2n) is 5.91. The minimum Gasteiger partial charge on any atom is -0.490 e. The van der Waals surface area contributed by atoms with Crippen molar-refractivity contribution in [2.75, 3.05) is 18.7 Å². The molecular formula is C19H22ClNO4. The molecule has 0 saturated heterocycles. The summed E-state index contributed by atoms with van der Waals surface area (Å²) in [5, 5.41) is 3.98. The molecule has 0 atom stereocenters. The summed E-state index contributed by atoms with van der Waals surface area (Å²) in [6, 6.07) is 9.47. The molecule has 0 aromatic heterocycles. The largest absolute Gasteiger partial charge is 0.490 e. The van der Waals surface area contributed by atoms with Gasteiger partial charge in [-0.1, -0.05) is 11.6 Å². The molecule has 1 N–H and O–H groups in total. The zero-order valence-electron chi connectivity index (χ0n) is 14.6. The van der Waals surface area contributed by atoms with Crippen molar-refractivity contribution in [2.24, 2.45) is 0 Å². The molecule has 6 heteroatoms. The fourth-order valence-electron chi connectivity index (χ4n) is 2.53. The predicted octanol–water partition coefficient (Wildman–Crippen LogP) is 4.87. The molecule has 134 valence electrons. The van der Waals surface area contributed by atoms with Gasteiger partial charge >= 0.3 is 0 Å². The third-order valence-electron chi connectivity index (χ3n) is 3.63. The fraction of sp³-hybridized carbons (Fsp3) is 0.368. The predicted molar refractivity (Wildman–Crippen MR) is 98.3 cm³/mol. The molecule has 1 aliphatic rings. The number of nitrogens with one attached hydrogen (secondary N) is 1. The van der Waals surface area contributed by atoms with E-state index in [1.165, 1.54) is 0 Å². The summed E-state index contributed by atoms with van der Waals surface area (Å²) in [6.07, 6.45) is 0.0490. The summed E-state index contributed by atoms with van der Waals surface area (Å²) in [7, 11) is 0.